The van der Waals surface area contributed by atoms with Gasteiger partial charge < -0.3 is 5.11 Å². The van der Waals surface area contributed by atoms with Crippen molar-refractivity contribution in [2.45, 2.75) is 6.92 Å². The van der Waals surface area contributed by atoms with Gasteiger partial charge in [-0.2, -0.15) is 0 Å². The average Bonchev–Trinajstić information content (AvgIpc) is 2.78. The molecule has 12 heteroatoms. The highest BCUT2D eigenvalue weighted by molar-refractivity contribution is 5.81. The predicted molar refractivity (Wildman–Crippen MR) is 118 cm³/mol. The van der Waals surface area contributed by atoms with Crippen molar-refractivity contribution in [1.82, 2.24) is 0 Å². The van der Waals surface area contributed by atoms with Gasteiger partial charge >= 0.3 is 17.1 Å². The third kappa shape index (κ3) is 5.52. The van der Waals surface area contributed by atoms with E-state index in [0.29, 0.717) is 11.4 Å². The normalized spacial score (nSPS) is 9.81. The predicted octanol–water partition coefficient (Wildman–Crippen LogP) is 4.58. The van der Waals surface area contributed by atoms with E-state index in [1.165, 1.54) is 5.01 Å². The molecule has 0 atom stereocenters. The summed E-state index contributed by atoms with van der Waals surface area (Å²) in [6.07, 6.45) is 0. The quantitative estimate of drug-likeness (QED) is 0.394. The molecule has 166 valence electrons. The topological polar surface area (TPSA) is 165 Å². The Kier molecular flexibility index (Phi) is 8.14. The van der Waals surface area contributed by atoms with Crippen LogP contribution in [0.25, 0.3) is 0 Å². The van der Waals surface area contributed by atoms with E-state index in [4.69, 9.17) is 5.11 Å². The fourth-order valence-corrected chi connectivity index (χ4v) is 2.72. The molecule has 0 radical (unpaired) electrons. The number of benzene rings is 3. The van der Waals surface area contributed by atoms with E-state index >= 15 is 0 Å². The number of nitrogens with zero attached hydrogens (tertiary/aromatic N) is 4. The van der Waals surface area contributed by atoms with Crippen molar-refractivity contribution in [3.05, 3.63) is 103 Å². The van der Waals surface area contributed by atoms with Crippen LogP contribution in [-0.2, 0) is 0 Å². The fraction of sp³-hybridized carbons (Fsp3) is 0.100. The van der Waals surface area contributed by atoms with E-state index in [0.717, 1.165) is 12.1 Å². The Morgan fingerprint density at radius 1 is 0.750 bits per heavy atom. The van der Waals surface area contributed by atoms with Crippen molar-refractivity contribution in [3.63, 3.8) is 0 Å². The Hall–Kier alpha value is -4.58. The molecule has 3 aromatic rings. The molecule has 0 aliphatic heterocycles. The van der Waals surface area contributed by atoms with Gasteiger partial charge in [0.25, 0.3) is 0 Å². The summed E-state index contributed by atoms with van der Waals surface area (Å²) in [5.41, 5.74) is 0.559. The molecule has 2 N–H and O–H groups in total. The number of aliphatic hydroxyl groups is 1. The van der Waals surface area contributed by atoms with Gasteiger partial charge in [-0.25, -0.2) is 0 Å². The van der Waals surface area contributed by atoms with Gasteiger partial charge in [-0.05, 0) is 37.3 Å². The third-order valence-corrected chi connectivity index (χ3v) is 3.95. The minimum atomic E-state index is -1.19. The first-order valence-corrected chi connectivity index (χ1v) is 9.19. The van der Waals surface area contributed by atoms with Crippen molar-refractivity contribution < 1.29 is 19.9 Å². The maximum absolute atomic E-state index is 11.6. The van der Waals surface area contributed by atoms with Gasteiger partial charge in [0.05, 0.1) is 26.1 Å². The minimum Gasteiger partial charge on any atom is -0.397 e. The SMILES string of the molecule is CCO.O=[N+]([O-])c1ccc(NN(c2ccccc2)c2ccccc2)c([N+](=O)[O-])c1[N+](=O)[O-]. The summed E-state index contributed by atoms with van der Waals surface area (Å²) in [5, 5.41) is 43.2. The van der Waals surface area contributed by atoms with Crippen LogP contribution in [-0.4, -0.2) is 26.5 Å². The number of anilines is 3. The van der Waals surface area contributed by atoms with E-state index < -0.39 is 31.8 Å². The molecular weight excluding hydrogens is 422 g/mol. The van der Waals surface area contributed by atoms with Gasteiger partial charge in [0.1, 0.15) is 5.69 Å². The van der Waals surface area contributed by atoms with Gasteiger partial charge in [0.2, 0.25) is 0 Å². The first-order chi connectivity index (χ1) is 15.3. The van der Waals surface area contributed by atoms with E-state index in [-0.39, 0.29) is 12.3 Å². The standard InChI is InChI=1S/C18H13N5O6.C2H6O/c24-21(25)16-12-11-15(17(22(26)27)18(16)23(28)29)19-20(13-7-3-1-4-8-13)14-9-5-2-6-10-14;1-2-3/h1-12,19H;3H,2H2,1H3. The van der Waals surface area contributed by atoms with Crippen LogP contribution in [0.5, 0.6) is 0 Å². The molecule has 0 amide bonds. The van der Waals surface area contributed by atoms with Gasteiger partial charge in [-0.1, -0.05) is 36.4 Å². The van der Waals surface area contributed by atoms with E-state index in [1.54, 1.807) is 67.6 Å². The minimum absolute atomic E-state index is 0.250. The monoisotopic (exact) mass is 441 g/mol. The zero-order chi connectivity index (χ0) is 23.7. The molecule has 0 unspecified atom stereocenters. The van der Waals surface area contributed by atoms with Crippen LogP contribution < -0.4 is 10.4 Å². The summed E-state index contributed by atoms with van der Waals surface area (Å²) in [5.74, 6) is 0. The zero-order valence-electron chi connectivity index (χ0n) is 16.8. The molecule has 0 bridgehead atoms. The smallest absolute Gasteiger partial charge is 0.397 e. The molecule has 0 heterocycles. The first-order valence-electron chi connectivity index (χ1n) is 9.19. The van der Waals surface area contributed by atoms with Crippen LogP contribution in [0.1, 0.15) is 6.92 Å². The molecule has 0 saturated heterocycles. The fourth-order valence-electron chi connectivity index (χ4n) is 2.72. The van der Waals surface area contributed by atoms with Crippen molar-refractivity contribution in [2.75, 3.05) is 17.0 Å². The van der Waals surface area contributed by atoms with Gasteiger partial charge in [-0.3, -0.25) is 40.8 Å². The van der Waals surface area contributed by atoms with Crippen LogP contribution in [0.15, 0.2) is 72.8 Å². The molecule has 0 aliphatic rings. The molecule has 32 heavy (non-hydrogen) atoms. The largest absolute Gasteiger partial charge is 0.424 e. The van der Waals surface area contributed by atoms with Crippen molar-refractivity contribution >= 4 is 34.1 Å². The molecule has 0 aliphatic carbocycles. The summed E-state index contributed by atoms with van der Waals surface area (Å²) >= 11 is 0. The third-order valence-electron chi connectivity index (χ3n) is 3.95. The van der Waals surface area contributed by atoms with Crippen LogP contribution >= 0.6 is 0 Å². The number of hydrazine groups is 1. The van der Waals surface area contributed by atoms with E-state index in [9.17, 15) is 30.3 Å². The second-order valence-corrected chi connectivity index (χ2v) is 6.04. The molecule has 3 rings (SSSR count). The Balaban J connectivity index is 0.00000114. The Morgan fingerprint density at radius 3 is 1.56 bits per heavy atom. The Morgan fingerprint density at radius 2 is 1.19 bits per heavy atom. The number of rotatable bonds is 7. The van der Waals surface area contributed by atoms with Gasteiger partial charge in [0.15, 0.2) is 0 Å². The highest BCUT2D eigenvalue weighted by Gasteiger charge is 2.39. The number of nitro groups is 3. The molecule has 0 aromatic heterocycles. The maximum atomic E-state index is 11.6. The average molecular weight is 441 g/mol. The molecule has 0 spiro atoms. The lowest BCUT2D eigenvalue weighted by Gasteiger charge is -2.26. The Bertz CT molecular complexity index is 1050. The van der Waals surface area contributed by atoms with Gasteiger partial charge in [-0.15, -0.1) is 0 Å². The summed E-state index contributed by atoms with van der Waals surface area (Å²) in [7, 11) is 0. The van der Waals surface area contributed by atoms with Crippen LogP contribution in [0.2, 0.25) is 0 Å². The number of aliphatic hydroxyl groups excluding tert-OH is 1. The highest BCUT2D eigenvalue weighted by atomic mass is 16.6. The van der Waals surface area contributed by atoms with Crippen LogP contribution in [0.4, 0.5) is 34.1 Å². The second kappa shape index (κ2) is 11.0. The van der Waals surface area contributed by atoms with E-state index in [2.05, 4.69) is 5.43 Å². The number of para-hydroxylation sites is 2. The number of nitrogens with one attached hydrogen (secondary N) is 1. The van der Waals surface area contributed by atoms with Crippen molar-refractivity contribution in [2.24, 2.45) is 0 Å². The van der Waals surface area contributed by atoms with Crippen molar-refractivity contribution in [3.8, 4) is 0 Å². The molecule has 3 aromatic carbocycles. The molecule has 0 saturated carbocycles. The summed E-state index contributed by atoms with van der Waals surface area (Å²) in [6, 6.07) is 19.4. The number of nitro benzene ring substituents is 3. The Labute approximate surface area is 181 Å². The van der Waals surface area contributed by atoms with E-state index in [1.807, 2.05) is 0 Å². The first kappa shape index (κ1) is 23.7. The molecule has 0 fully saturated rings. The lowest BCUT2D eigenvalue weighted by molar-refractivity contribution is -0.440. The number of hydrogen-bond acceptors (Lipinski definition) is 9. The van der Waals surface area contributed by atoms with Gasteiger partial charge in [0, 0.05) is 12.7 Å². The number of hydrogen-bond donors (Lipinski definition) is 2. The van der Waals surface area contributed by atoms with Crippen LogP contribution in [0.3, 0.4) is 0 Å². The summed E-state index contributed by atoms with van der Waals surface area (Å²) in [4.78, 5) is 30.9. The summed E-state index contributed by atoms with van der Waals surface area (Å²) < 4.78 is 0. The summed E-state index contributed by atoms with van der Waals surface area (Å²) in [6.45, 7) is 1.93. The zero-order valence-corrected chi connectivity index (χ0v) is 16.8. The lowest BCUT2D eigenvalue weighted by Crippen LogP contribution is -2.25. The molecule has 12 nitrogen and oxygen atoms in total. The maximum Gasteiger partial charge on any atom is 0.424 e. The second-order valence-electron chi connectivity index (χ2n) is 6.04. The highest BCUT2D eigenvalue weighted by Crippen LogP contribution is 2.42. The van der Waals surface area contributed by atoms with Crippen LogP contribution in [0, 0.1) is 30.3 Å². The molecular formula is C20H19N5O7. The van der Waals surface area contributed by atoms with Crippen molar-refractivity contribution in [1.29, 1.82) is 0 Å². The lowest BCUT2D eigenvalue weighted by atomic mass is 10.2.